The topological polar surface area (TPSA) is 67.4 Å². The molecule has 104 valence electrons. The van der Waals surface area contributed by atoms with Crippen molar-refractivity contribution in [3.05, 3.63) is 35.9 Å². The predicted octanol–water partition coefficient (Wildman–Crippen LogP) is 0.844. The van der Waals surface area contributed by atoms with Crippen LogP contribution in [-0.4, -0.2) is 31.6 Å². The fourth-order valence-electron chi connectivity index (χ4n) is 1.66. The average molecular weight is 264 g/mol. The van der Waals surface area contributed by atoms with Crippen LogP contribution in [0.15, 0.2) is 30.3 Å². The van der Waals surface area contributed by atoms with Crippen molar-refractivity contribution in [2.75, 3.05) is 13.7 Å². The molecule has 2 N–H and O–H groups in total. The Hall–Kier alpha value is -1.88. The van der Waals surface area contributed by atoms with Gasteiger partial charge in [-0.05, 0) is 12.0 Å². The average Bonchev–Trinajstić information content (AvgIpc) is 2.41. The maximum absolute atomic E-state index is 12.0. The van der Waals surface area contributed by atoms with Crippen LogP contribution in [0.3, 0.4) is 0 Å². The Kier molecular flexibility index (Phi) is 6.60. The number of amides is 2. The van der Waals surface area contributed by atoms with E-state index in [0.29, 0.717) is 19.6 Å². The largest absolute Gasteiger partial charge is 0.385 e. The van der Waals surface area contributed by atoms with Crippen molar-refractivity contribution >= 4 is 11.8 Å². The Morgan fingerprint density at radius 2 is 1.95 bits per heavy atom. The van der Waals surface area contributed by atoms with Crippen LogP contribution in [0, 0.1) is 0 Å². The van der Waals surface area contributed by atoms with Crippen molar-refractivity contribution in [1.29, 1.82) is 0 Å². The predicted molar refractivity (Wildman–Crippen MR) is 72.4 cm³/mol. The Morgan fingerprint density at radius 3 is 2.53 bits per heavy atom. The summed E-state index contributed by atoms with van der Waals surface area (Å²) >= 11 is 0. The van der Waals surface area contributed by atoms with Gasteiger partial charge >= 0.3 is 0 Å². The van der Waals surface area contributed by atoms with Gasteiger partial charge < -0.3 is 15.4 Å². The molecule has 1 unspecified atom stereocenters. The summed E-state index contributed by atoms with van der Waals surface area (Å²) in [7, 11) is 1.56. The standard InChI is InChI=1S/C14H20N2O3/c1-11(17)16-13(8-9-19-2)14(18)15-10-12-6-4-3-5-7-12/h3-7,13H,8-10H2,1-2H3,(H,15,18)(H,16,17). The van der Waals surface area contributed by atoms with Gasteiger partial charge in [0.25, 0.3) is 0 Å². The first-order valence-corrected chi connectivity index (χ1v) is 6.21. The minimum Gasteiger partial charge on any atom is -0.385 e. The van der Waals surface area contributed by atoms with Crippen molar-refractivity contribution in [1.82, 2.24) is 10.6 Å². The van der Waals surface area contributed by atoms with Crippen LogP contribution >= 0.6 is 0 Å². The van der Waals surface area contributed by atoms with Crippen molar-refractivity contribution in [3.63, 3.8) is 0 Å². The molecule has 1 aromatic rings. The van der Waals surface area contributed by atoms with E-state index in [1.165, 1.54) is 6.92 Å². The Balaban J connectivity index is 2.48. The van der Waals surface area contributed by atoms with Crippen LogP contribution in [0.25, 0.3) is 0 Å². The van der Waals surface area contributed by atoms with E-state index in [-0.39, 0.29) is 11.8 Å². The molecule has 0 bridgehead atoms. The summed E-state index contributed by atoms with van der Waals surface area (Å²) in [6.07, 6.45) is 0.455. The molecule has 0 fully saturated rings. The number of rotatable bonds is 7. The summed E-state index contributed by atoms with van der Waals surface area (Å²) in [6, 6.07) is 9.06. The fraction of sp³-hybridized carbons (Fsp3) is 0.429. The van der Waals surface area contributed by atoms with Gasteiger partial charge in [-0.25, -0.2) is 0 Å². The van der Waals surface area contributed by atoms with Gasteiger partial charge in [-0.2, -0.15) is 0 Å². The number of hydrogen-bond donors (Lipinski definition) is 2. The number of nitrogens with one attached hydrogen (secondary N) is 2. The maximum Gasteiger partial charge on any atom is 0.242 e. The molecular weight excluding hydrogens is 244 g/mol. The van der Waals surface area contributed by atoms with Crippen LogP contribution in [-0.2, 0) is 20.9 Å². The lowest BCUT2D eigenvalue weighted by Crippen LogP contribution is -2.46. The highest BCUT2D eigenvalue weighted by Crippen LogP contribution is 1.99. The number of carbonyl (C=O) groups is 2. The lowest BCUT2D eigenvalue weighted by molar-refractivity contribution is -0.128. The van der Waals surface area contributed by atoms with Gasteiger partial charge in [0.15, 0.2) is 0 Å². The molecule has 1 rings (SSSR count). The number of hydrogen-bond acceptors (Lipinski definition) is 3. The van der Waals surface area contributed by atoms with Crippen molar-refractivity contribution in [2.45, 2.75) is 25.9 Å². The Bertz CT molecular complexity index is 406. The molecule has 0 aliphatic heterocycles. The van der Waals surface area contributed by atoms with Crippen LogP contribution in [0.4, 0.5) is 0 Å². The van der Waals surface area contributed by atoms with Crippen LogP contribution in [0.2, 0.25) is 0 Å². The first-order valence-electron chi connectivity index (χ1n) is 6.21. The third-order valence-corrected chi connectivity index (χ3v) is 2.61. The smallest absolute Gasteiger partial charge is 0.242 e. The van der Waals surface area contributed by atoms with Gasteiger partial charge in [0.05, 0.1) is 0 Å². The first-order chi connectivity index (χ1) is 9.13. The van der Waals surface area contributed by atoms with Gasteiger partial charge in [0.1, 0.15) is 6.04 Å². The quantitative estimate of drug-likeness (QED) is 0.767. The number of methoxy groups -OCH3 is 1. The Morgan fingerprint density at radius 1 is 1.26 bits per heavy atom. The summed E-state index contributed by atoms with van der Waals surface area (Å²) in [5.74, 6) is -0.424. The zero-order chi connectivity index (χ0) is 14.1. The van der Waals surface area contributed by atoms with Crippen LogP contribution < -0.4 is 10.6 Å². The van der Waals surface area contributed by atoms with E-state index >= 15 is 0 Å². The highest BCUT2D eigenvalue weighted by molar-refractivity contribution is 5.86. The maximum atomic E-state index is 12.0. The van der Waals surface area contributed by atoms with E-state index in [0.717, 1.165) is 5.56 Å². The minimum absolute atomic E-state index is 0.198. The molecule has 0 aliphatic carbocycles. The van der Waals surface area contributed by atoms with E-state index < -0.39 is 6.04 Å². The highest BCUT2D eigenvalue weighted by Gasteiger charge is 2.18. The summed E-state index contributed by atoms with van der Waals surface area (Å²) in [6.45, 7) is 2.26. The highest BCUT2D eigenvalue weighted by atomic mass is 16.5. The second-order valence-electron chi connectivity index (χ2n) is 4.24. The summed E-state index contributed by atoms with van der Waals surface area (Å²) in [4.78, 5) is 23.0. The first kappa shape index (κ1) is 15.2. The molecule has 5 nitrogen and oxygen atoms in total. The molecular formula is C14H20N2O3. The monoisotopic (exact) mass is 264 g/mol. The van der Waals surface area contributed by atoms with E-state index in [2.05, 4.69) is 10.6 Å². The van der Waals surface area contributed by atoms with Gasteiger partial charge in [-0.15, -0.1) is 0 Å². The molecule has 2 amide bonds. The lowest BCUT2D eigenvalue weighted by atomic mass is 10.1. The SMILES string of the molecule is COCCC(NC(C)=O)C(=O)NCc1ccccc1. The van der Waals surface area contributed by atoms with Gasteiger partial charge in [-0.3, -0.25) is 9.59 Å². The Labute approximate surface area is 113 Å². The van der Waals surface area contributed by atoms with E-state index in [1.54, 1.807) is 7.11 Å². The summed E-state index contributed by atoms with van der Waals surface area (Å²) < 4.78 is 4.94. The van der Waals surface area contributed by atoms with E-state index in [1.807, 2.05) is 30.3 Å². The molecule has 1 aromatic carbocycles. The molecule has 0 saturated carbocycles. The molecule has 0 heterocycles. The zero-order valence-corrected chi connectivity index (χ0v) is 11.3. The van der Waals surface area contributed by atoms with Gasteiger partial charge in [0, 0.05) is 27.2 Å². The summed E-state index contributed by atoms with van der Waals surface area (Å²) in [5, 5.41) is 5.42. The second-order valence-corrected chi connectivity index (χ2v) is 4.24. The lowest BCUT2D eigenvalue weighted by Gasteiger charge is -2.17. The van der Waals surface area contributed by atoms with Gasteiger partial charge in [-0.1, -0.05) is 30.3 Å². The van der Waals surface area contributed by atoms with E-state index in [9.17, 15) is 9.59 Å². The molecule has 19 heavy (non-hydrogen) atoms. The van der Waals surface area contributed by atoms with Gasteiger partial charge in [0.2, 0.25) is 11.8 Å². The van der Waals surface area contributed by atoms with Crippen molar-refractivity contribution in [2.24, 2.45) is 0 Å². The number of ether oxygens (including phenoxy) is 1. The minimum atomic E-state index is -0.554. The molecule has 0 aromatic heterocycles. The van der Waals surface area contributed by atoms with Crippen molar-refractivity contribution < 1.29 is 14.3 Å². The third-order valence-electron chi connectivity index (χ3n) is 2.61. The zero-order valence-electron chi connectivity index (χ0n) is 11.3. The number of benzene rings is 1. The molecule has 0 radical (unpaired) electrons. The van der Waals surface area contributed by atoms with Crippen LogP contribution in [0.5, 0.6) is 0 Å². The molecule has 1 atom stereocenters. The summed E-state index contributed by atoms with van der Waals surface area (Å²) in [5.41, 5.74) is 1.02. The molecule has 0 spiro atoms. The normalized spacial score (nSPS) is 11.7. The molecule has 0 saturated heterocycles. The third kappa shape index (κ3) is 6.01. The molecule has 0 aliphatic rings. The van der Waals surface area contributed by atoms with Crippen LogP contribution in [0.1, 0.15) is 18.9 Å². The molecule has 5 heteroatoms. The van der Waals surface area contributed by atoms with Crippen molar-refractivity contribution in [3.8, 4) is 0 Å². The number of carbonyl (C=O) groups excluding carboxylic acids is 2. The van der Waals surface area contributed by atoms with E-state index in [4.69, 9.17) is 4.74 Å². The fourth-order valence-corrected chi connectivity index (χ4v) is 1.66. The second kappa shape index (κ2) is 8.26.